The summed E-state index contributed by atoms with van der Waals surface area (Å²) in [4.78, 5) is 12.3. The van der Waals surface area contributed by atoms with Gasteiger partial charge in [0.15, 0.2) is 0 Å². The lowest BCUT2D eigenvalue weighted by molar-refractivity contribution is -0.156. The number of benzene rings is 1. The monoisotopic (exact) mass is 398 g/mol. The van der Waals surface area contributed by atoms with Gasteiger partial charge in [0, 0.05) is 0 Å². The average molecular weight is 399 g/mol. The third-order valence-electron chi connectivity index (χ3n) is 4.16. The summed E-state index contributed by atoms with van der Waals surface area (Å²) in [7, 11) is -3.84. The second-order valence-electron chi connectivity index (χ2n) is 8.34. The SMILES string of the molecule is CCC[C@@H](C)C[C@H](COS(=O)(=O)c1ccc(C)cc1)CC(=O)OC(C)(C)C. The molecule has 0 N–H and O–H groups in total. The zero-order valence-corrected chi connectivity index (χ0v) is 18.3. The van der Waals surface area contributed by atoms with Crippen molar-refractivity contribution < 1.29 is 22.1 Å². The molecule has 0 saturated carbocycles. The van der Waals surface area contributed by atoms with Crippen molar-refractivity contribution in [2.75, 3.05) is 6.61 Å². The van der Waals surface area contributed by atoms with E-state index in [0.29, 0.717) is 5.92 Å². The van der Waals surface area contributed by atoms with Crippen LogP contribution in [0.2, 0.25) is 0 Å². The predicted molar refractivity (Wildman–Crippen MR) is 107 cm³/mol. The molecule has 27 heavy (non-hydrogen) atoms. The third-order valence-corrected chi connectivity index (χ3v) is 5.46. The highest BCUT2D eigenvalue weighted by atomic mass is 32.2. The van der Waals surface area contributed by atoms with Crippen LogP contribution in [0.15, 0.2) is 29.2 Å². The molecule has 1 aromatic carbocycles. The summed E-state index contributed by atoms with van der Waals surface area (Å²) in [5.41, 5.74) is 0.413. The average Bonchev–Trinajstić information content (AvgIpc) is 2.51. The normalized spacial score (nSPS) is 14.6. The lowest BCUT2D eigenvalue weighted by Gasteiger charge is -2.23. The van der Waals surface area contributed by atoms with E-state index < -0.39 is 15.7 Å². The molecular formula is C21H34O5S. The van der Waals surface area contributed by atoms with Crippen molar-refractivity contribution in [2.45, 2.75) is 77.7 Å². The van der Waals surface area contributed by atoms with Crippen molar-refractivity contribution in [1.29, 1.82) is 0 Å². The summed E-state index contributed by atoms with van der Waals surface area (Å²) in [5.74, 6) is -0.151. The molecule has 0 fully saturated rings. The fourth-order valence-corrected chi connectivity index (χ4v) is 3.94. The molecule has 154 valence electrons. The van der Waals surface area contributed by atoms with E-state index in [9.17, 15) is 13.2 Å². The lowest BCUT2D eigenvalue weighted by atomic mass is 9.91. The highest BCUT2D eigenvalue weighted by Gasteiger charge is 2.25. The highest BCUT2D eigenvalue weighted by Crippen LogP contribution is 2.24. The van der Waals surface area contributed by atoms with Crippen molar-refractivity contribution >= 4 is 16.1 Å². The van der Waals surface area contributed by atoms with E-state index in [-0.39, 0.29) is 29.8 Å². The first-order chi connectivity index (χ1) is 12.4. The van der Waals surface area contributed by atoms with Gasteiger partial charge in [-0.3, -0.25) is 8.98 Å². The second kappa shape index (κ2) is 10.2. The molecule has 0 amide bonds. The van der Waals surface area contributed by atoms with Gasteiger partial charge in [-0.25, -0.2) is 0 Å². The summed E-state index contributed by atoms with van der Waals surface area (Å²) in [6, 6.07) is 6.54. The number of ether oxygens (including phenoxy) is 1. The Balaban J connectivity index is 2.80. The molecule has 0 bridgehead atoms. The van der Waals surface area contributed by atoms with Gasteiger partial charge in [-0.1, -0.05) is 44.4 Å². The van der Waals surface area contributed by atoms with Gasteiger partial charge in [-0.05, 0) is 58.1 Å². The number of hydrogen-bond acceptors (Lipinski definition) is 5. The van der Waals surface area contributed by atoms with Gasteiger partial charge in [-0.2, -0.15) is 8.42 Å². The van der Waals surface area contributed by atoms with Crippen LogP contribution in [0.5, 0.6) is 0 Å². The van der Waals surface area contributed by atoms with E-state index in [2.05, 4.69) is 13.8 Å². The van der Waals surface area contributed by atoms with E-state index in [1.54, 1.807) is 12.1 Å². The maximum absolute atomic E-state index is 12.4. The molecule has 2 atom stereocenters. The molecule has 0 unspecified atom stereocenters. The van der Waals surface area contributed by atoms with Crippen molar-refractivity contribution in [3.63, 3.8) is 0 Å². The van der Waals surface area contributed by atoms with Crippen LogP contribution in [-0.2, 0) is 23.8 Å². The summed E-state index contributed by atoms with van der Waals surface area (Å²) < 4.78 is 35.6. The van der Waals surface area contributed by atoms with Crippen molar-refractivity contribution in [1.82, 2.24) is 0 Å². The Morgan fingerprint density at radius 3 is 2.26 bits per heavy atom. The molecule has 0 aliphatic heterocycles. The Morgan fingerprint density at radius 2 is 1.74 bits per heavy atom. The topological polar surface area (TPSA) is 69.7 Å². The highest BCUT2D eigenvalue weighted by molar-refractivity contribution is 7.86. The molecule has 0 radical (unpaired) electrons. The van der Waals surface area contributed by atoms with Crippen LogP contribution < -0.4 is 0 Å². The van der Waals surface area contributed by atoms with Gasteiger partial charge in [0.2, 0.25) is 0 Å². The van der Waals surface area contributed by atoms with Gasteiger partial charge in [-0.15, -0.1) is 0 Å². The minimum atomic E-state index is -3.84. The first-order valence-electron chi connectivity index (χ1n) is 9.61. The second-order valence-corrected chi connectivity index (χ2v) is 9.95. The van der Waals surface area contributed by atoms with Gasteiger partial charge >= 0.3 is 5.97 Å². The van der Waals surface area contributed by atoms with E-state index in [1.807, 2.05) is 27.7 Å². The molecular weight excluding hydrogens is 364 g/mol. The molecule has 0 aliphatic carbocycles. The van der Waals surface area contributed by atoms with Crippen LogP contribution in [0.25, 0.3) is 0 Å². The number of carbonyl (C=O) groups excluding carboxylic acids is 1. The standard InChI is InChI=1S/C21H34O5S/c1-7-8-17(3)13-18(14-20(22)26-21(4,5)6)15-25-27(23,24)19-11-9-16(2)10-12-19/h9-12,17-18H,7-8,13-15H2,1-6H3/t17-,18+/m1/s1. The van der Waals surface area contributed by atoms with E-state index in [4.69, 9.17) is 8.92 Å². The van der Waals surface area contributed by atoms with Gasteiger partial charge < -0.3 is 4.74 Å². The van der Waals surface area contributed by atoms with Crippen LogP contribution in [0.1, 0.15) is 65.9 Å². The van der Waals surface area contributed by atoms with E-state index in [1.165, 1.54) is 12.1 Å². The van der Waals surface area contributed by atoms with Gasteiger partial charge in [0.05, 0.1) is 17.9 Å². The maximum Gasteiger partial charge on any atom is 0.306 e. The molecule has 6 heteroatoms. The number of carbonyl (C=O) groups is 1. The zero-order chi connectivity index (χ0) is 20.7. The molecule has 0 heterocycles. The summed E-state index contributed by atoms with van der Waals surface area (Å²) >= 11 is 0. The first kappa shape index (κ1) is 23.6. The predicted octanol–water partition coefficient (Wildman–Crippen LogP) is 4.87. The maximum atomic E-state index is 12.4. The van der Waals surface area contributed by atoms with Crippen LogP contribution in [-0.4, -0.2) is 26.6 Å². The van der Waals surface area contributed by atoms with E-state index >= 15 is 0 Å². The Kier molecular flexibility index (Phi) is 8.95. The van der Waals surface area contributed by atoms with Crippen molar-refractivity contribution in [3.8, 4) is 0 Å². The van der Waals surface area contributed by atoms with Gasteiger partial charge in [0.25, 0.3) is 10.1 Å². The van der Waals surface area contributed by atoms with Crippen LogP contribution in [0, 0.1) is 18.8 Å². The third kappa shape index (κ3) is 9.38. The van der Waals surface area contributed by atoms with Crippen molar-refractivity contribution in [2.24, 2.45) is 11.8 Å². The lowest BCUT2D eigenvalue weighted by Crippen LogP contribution is -2.27. The molecule has 0 saturated heterocycles. The zero-order valence-electron chi connectivity index (χ0n) is 17.4. The molecule has 0 spiro atoms. The first-order valence-corrected chi connectivity index (χ1v) is 11.0. The Hall–Kier alpha value is -1.40. The fraction of sp³-hybridized carbons (Fsp3) is 0.667. The summed E-state index contributed by atoms with van der Waals surface area (Å²) in [6.07, 6.45) is 2.93. The molecule has 1 aromatic rings. The summed E-state index contributed by atoms with van der Waals surface area (Å²) in [5, 5.41) is 0. The Bertz CT molecular complexity index is 686. The number of rotatable bonds is 10. The van der Waals surface area contributed by atoms with Crippen LogP contribution in [0.3, 0.4) is 0 Å². The van der Waals surface area contributed by atoms with Crippen LogP contribution >= 0.6 is 0 Å². The fourth-order valence-electron chi connectivity index (χ4n) is 2.97. The number of aryl methyl sites for hydroxylation is 1. The van der Waals surface area contributed by atoms with Gasteiger partial charge in [0.1, 0.15) is 5.60 Å². The smallest absolute Gasteiger partial charge is 0.306 e. The molecule has 0 aliphatic rings. The van der Waals surface area contributed by atoms with Crippen molar-refractivity contribution in [3.05, 3.63) is 29.8 Å². The van der Waals surface area contributed by atoms with Crippen LogP contribution in [0.4, 0.5) is 0 Å². The Labute approximate surface area is 164 Å². The molecule has 0 aromatic heterocycles. The number of esters is 1. The minimum Gasteiger partial charge on any atom is -0.460 e. The summed E-state index contributed by atoms with van der Waals surface area (Å²) in [6.45, 7) is 11.5. The molecule has 1 rings (SSSR count). The minimum absolute atomic E-state index is 0.0243. The Morgan fingerprint density at radius 1 is 1.15 bits per heavy atom. The molecule has 5 nitrogen and oxygen atoms in total. The largest absolute Gasteiger partial charge is 0.460 e. The van der Waals surface area contributed by atoms with E-state index in [0.717, 1.165) is 24.8 Å². The number of hydrogen-bond donors (Lipinski definition) is 0. The quantitative estimate of drug-likeness (QED) is 0.415.